The van der Waals surface area contributed by atoms with E-state index in [1.54, 1.807) is 23.2 Å². The molecule has 0 bridgehead atoms. The van der Waals surface area contributed by atoms with Gasteiger partial charge in [-0.05, 0) is 37.6 Å². The Balaban J connectivity index is 1.40. The molecule has 1 aliphatic heterocycles. The summed E-state index contributed by atoms with van der Waals surface area (Å²) in [5, 5.41) is 14.4. The maximum absolute atomic E-state index is 12.5. The van der Waals surface area contributed by atoms with Crippen LogP contribution in [-0.2, 0) is 20.7 Å². The van der Waals surface area contributed by atoms with Crippen LogP contribution in [0.2, 0.25) is 0 Å². The molecule has 3 rings (SSSR count). The summed E-state index contributed by atoms with van der Waals surface area (Å²) in [6, 6.07) is 4.17. The Kier molecular flexibility index (Phi) is 8.11. The molecular formula is C18H24N4O3S3. The molecule has 1 fully saturated rings. The van der Waals surface area contributed by atoms with Gasteiger partial charge in [0, 0.05) is 24.5 Å². The highest BCUT2D eigenvalue weighted by Crippen LogP contribution is 2.26. The van der Waals surface area contributed by atoms with Crippen LogP contribution >= 0.6 is 34.4 Å². The predicted molar refractivity (Wildman–Crippen MR) is 113 cm³/mol. The number of esters is 1. The van der Waals surface area contributed by atoms with Crippen LogP contribution in [0.15, 0.2) is 21.9 Å². The quantitative estimate of drug-likeness (QED) is 0.474. The molecule has 1 amide bonds. The Morgan fingerprint density at radius 2 is 2.32 bits per heavy atom. The molecule has 3 heterocycles. The molecule has 28 heavy (non-hydrogen) atoms. The highest BCUT2D eigenvalue weighted by Gasteiger charge is 2.29. The number of hydrogen-bond acceptors (Lipinski definition) is 9. The van der Waals surface area contributed by atoms with Crippen molar-refractivity contribution >= 4 is 51.4 Å². The third kappa shape index (κ3) is 6.18. The van der Waals surface area contributed by atoms with Crippen LogP contribution in [0.1, 0.15) is 24.6 Å². The van der Waals surface area contributed by atoms with Crippen LogP contribution in [0.25, 0.3) is 0 Å². The van der Waals surface area contributed by atoms with Crippen molar-refractivity contribution in [2.75, 3.05) is 37.3 Å². The van der Waals surface area contributed by atoms with E-state index in [1.807, 2.05) is 6.07 Å². The van der Waals surface area contributed by atoms with Gasteiger partial charge < -0.3 is 15.0 Å². The van der Waals surface area contributed by atoms with Crippen molar-refractivity contribution in [3.05, 3.63) is 22.4 Å². The molecule has 2 aromatic heterocycles. The van der Waals surface area contributed by atoms with Crippen molar-refractivity contribution in [2.24, 2.45) is 5.92 Å². The molecule has 152 valence electrons. The highest BCUT2D eigenvalue weighted by molar-refractivity contribution is 8.01. The first kappa shape index (κ1) is 21.1. The number of thiophene rings is 1. The number of ether oxygens (including phenoxy) is 1. The highest BCUT2D eigenvalue weighted by atomic mass is 32.2. The maximum Gasteiger partial charge on any atom is 0.310 e. The summed E-state index contributed by atoms with van der Waals surface area (Å²) >= 11 is 4.60. The van der Waals surface area contributed by atoms with E-state index in [0.717, 1.165) is 35.3 Å². The Labute approximate surface area is 176 Å². The van der Waals surface area contributed by atoms with Gasteiger partial charge in [0.25, 0.3) is 0 Å². The van der Waals surface area contributed by atoms with Gasteiger partial charge in [-0.25, -0.2) is 0 Å². The summed E-state index contributed by atoms with van der Waals surface area (Å²) in [5.74, 6) is -0.0703. The lowest BCUT2D eigenvalue weighted by Crippen LogP contribution is -2.43. The van der Waals surface area contributed by atoms with Gasteiger partial charge in [0.05, 0.1) is 18.3 Å². The molecule has 0 aliphatic carbocycles. The van der Waals surface area contributed by atoms with Gasteiger partial charge in [0.15, 0.2) is 4.34 Å². The van der Waals surface area contributed by atoms with Crippen LogP contribution in [-0.4, -0.2) is 59.0 Å². The number of likely N-dealkylation sites (tertiary alicyclic amines) is 1. The standard InChI is InChI=1S/C18H24N4O3S3/c1-2-25-16(24)13-5-3-9-22(11-13)15(23)12-27-18-21-20-17(28-18)19-8-7-14-6-4-10-26-14/h4,6,10,13H,2-3,5,7-9,11-12H2,1H3,(H,19,20). The van der Waals surface area contributed by atoms with E-state index >= 15 is 0 Å². The van der Waals surface area contributed by atoms with Crippen molar-refractivity contribution in [1.29, 1.82) is 0 Å². The average molecular weight is 441 g/mol. The summed E-state index contributed by atoms with van der Waals surface area (Å²) < 4.78 is 5.86. The minimum absolute atomic E-state index is 0.0291. The number of amides is 1. The number of thioether (sulfide) groups is 1. The molecule has 1 saturated heterocycles. The van der Waals surface area contributed by atoms with E-state index in [0.29, 0.717) is 25.4 Å². The normalized spacial score (nSPS) is 16.8. The summed E-state index contributed by atoms with van der Waals surface area (Å²) in [4.78, 5) is 27.5. The number of piperidine rings is 1. The number of rotatable bonds is 9. The first-order valence-electron chi connectivity index (χ1n) is 9.32. The smallest absolute Gasteiger partial charge is 0.310 e. The monoisotopic (exact) mass is 440 g/mol. The Bertz CT molecular complexity index is 766. The molecule has 2 aromatic rings. The molecule has 7 nitrogen and oxygen atoms in total. The second kappa shape index (κ2) is 10.8. The summed E-state index contributed by atoms with van der Waals surface area (Å²) in [6.07, 6.45) is 2.57. The molecule has 1 unspecified atom stereocenters. The SMILES string of the molecule is CCOC(=O)C1CCCN(C(=O)CSc2nnc(NCCc3cccs3)s2)C1. The van der Waals surface area contributed by atoms with Crippen LogP contribution in [0.3, 0.4) is 0 Å². The fourth-order valence-corrected chi connectivity index (χ4v) is 5.35. The molecule has 0 aromatic carbocycles. The van der Waals surface area contributed by atoms with Crippen molar-refractivity contribution in [3.8, 4) is 0 Å². The number of nitrogens with zero attached hydrogens (tertiary/aromatic N) is 3. The van der Waals surface area contributed by atoms with Gasteiger partial charge in [0.2, 0.25) is 11.0 Å². The van der Waals surface area contributed by atoms with Crippen LogP contribution in [0.5, 0.6) is 0 Å². The van der Waals surface area contributed by atoms with Crippen LogP contribution < -0.4 is 5.32 Å². The lowest BCUT2D eigenvalue weighted by atomic mass is 9.98. The Morgan fingerprint density at radius 1 is 1.43 bits per heavy atom. The largest absolute Gasteiger partial charge is 0.466 e. The number of hydrogen-bond donors (Lipinski definition) is 1. The summed E-state index contributed by atoms with van der Waals surface area (Å²) in [6.45, 7) is 4.13. The average Bonchev–Trinajstić information content (AvgIpc) is 3.39. The zero-order chi connectivity index (χ0) is 19.8. The van der Waals surface area contributed by atoms with Crippen molar-refractivity contribution in [3.63, 3.8) is 0 Å². The van der Waals surface area contributed by atoms with E-state index in [4.69, 9.17) is 4.74 Å². The van der Waals surface area contributed by atoms with Gasteiger partial charge in [0.1, 0.15) is 0 Å². The molecule has 0 radical (unpaired) electrons. The molecule has 10 heteroatoms. The van der Waals surface area contributed by atoms with Crippen molar-refractivity contribution in [2.45, 2.75) is 30.5 Å². The fraction of sp³-hybridized carbons (Fsp3) is 0.556. The molecule has 1 N–H and O–H groups in total. The number of aromatic nitrogens is 2. The van der Waals surface area contributed by atoms with Crippen molar-refractivity contribution in [1.82, 2.24) is 15.1 Å². The minimum atomic E-state index is -0.205. The topological polar surface area (TPSA) is 84.4 Å². The second-order valence-corrected chi connectivity index (χ2v) is 9.58. The van der Waals surface area contributed by atoms with Gasteiger partial charge in [-0.3, -0.25) is 9.59 Å². The van der Waals surface area contributed by atoms with Gasteiger partial charge >= 0.3 is 5.97 Å². The Morgan fingerprint density at radius 3 is 3.11 bits per heavy atom. The zero-order valence-corrected chi connectivity index (χ0v) is 18.2. The van der Waals surface area contributed by atoms with Crippen molar-refractivity contribution < 1.29 is 14.3 Å². The number of anilines is 1. The maximum atomic E-state index is 12.5. The molecule has 0 spiro atoms. The third-order valence-electron chi connectivity index (χ3n) is 4.35. The predicted octanol–water partition coefficient (Wildman–Crippen LogP) is 3.15. The van der Waals surface area contributed by atoms with E-state index in [-0.39, 0.29) is 17.8 Å². The number of nitrogens with one attached hydrogen (secondary N) is 1. The van der Waals surface area contributed by atoms with Gasteiger partial charge in [-0.15, -0.1) is 21.5 Å². The zero-order valence-electron chi connectivity index (χ0n) is 15.8. The molecule has 1 aliphatic rings. The molecule has 0 saturated carbocycles. The minimum Gasteiger partial charge on any atom is -0.466 e. The second-order valence-electron chi connectivity index (χ2n) is 6.35. The van der Waals surface area contributed by atoms with Crippen LogP contribution in [0, 0.1) is 5.92 Å². The third-order valence-corrected chi connectivity index (χ3v) is 7.28. The first-order chi connectivity index (χ1) is 13.7. The molecule has 1 atom stereocenters. The number of carbonyl (C=O) groups excluding carboxylic acids is 2. The lowest BCUT2D eigenvalue weighted by Gasteiger charge is -2.31. The lowest BCUT2D eigenvalue weighted by molar-refractivity contribution is -0.151. The van der Waals surface area contributed by atoms with E-state index in [2.05, 4.69) is 27.0 Å². The van der Waals surface area contributed by atoms with Crippen LogP contribution in [0.4, 0.5) is 5.13 Å². The van der Waals surface area contributed by atoms with E-state index in [1.165, 1.54) is 28.0 Å². The van der Waals surface area contributed by atoms with E-state index < -0.39 is 0 Å². The van der Waals surface area contributed by atoms with E-state index in [9.17, 15) is 9.59 Å². The fourth-order valence-electron chi connectivity index (χ4n) is 2.96. The first-order valence-corrected chi connectivity index (χ1v) is 12.0. The Hall–Kier alpha value is -1.65. The van der Waals surface area contributed by atoms with Gasteiger partial charge in [-0.1, -0.05) is 29.2 Å². The summed E-state index contributed by atoms with van der Waals surface area (Å²) in [5.41, 5.74) is 0. The number of carbonyl (C=O) groups is 2. The molecular weight excluding hydrogens is 416 g/mol. The van der Waals surface area contributed by atoms with Gasteiger partial charge in [-0.2, -0.15) is 0 Å². The summed E-state index contributed by atoms with van der Waals surface area (Å²) in [7, 11) is 0.